The molecule has 2 N–H and O–H groups in total. The molecule has 162 valence electrons. The number of fused-ring (bicyclic) bond motifs is 1. The summed E-state index contributed by atoms with van der Waals surface area (Å²) in [6, 6.07) is 21.4. The molecule has 4 aromatic rings. The highest BCUT2D eigenvalue weighted by molar-refractivity contribution is 9.10. The Kier molecular flexibility index (Phi) is 6.53. The van der Waals surface area contributed by atoms with Gasteiger partial charge in [-0.3, -0.25) is 0 Å². The molecule has 32 heavy (non-hydrogen) atoms. The second kappa shape index (κ2) is 9.50. The minimum Gasteiger partial charge on any atom is -0.495 e. The number of para-hydroxylation sites is 2. The van der Waals surface area contributed by atoms with Gasteiger partial charge in [-0.05, 0) is 55.0 Å². The summed E-state index contributed by atoms with van der Waals surface area (Å²) in [6.07, 6.45) is 0. The fraction of sp³-hybridized carbons (Fsp3) is 0.125. The zero-order valence-electron chi connectivity index (χ0n) is 17.5. The number of benzene rings is 3. The van der Waals surface area contributed by atoms with Crippen molar-refractivity contribution in [2.24, 2.45) is 10.2 Å². The second-order valence-corrected chi connectivity index (χ2v) is 8.54. The number of methoxy groups -OCH3 is 1. The molecule has 3 aromatic carbocycles. The van der Waals surface area contributed by atoms with Crippen molar-refractivity contribution < 1.29 is 9.84 Å². The van der Waals surface area contributed by atoms with Crippen LogP contribution in [0, 0.1) is 6.92 Å². The van der Waals surface area contributed by atoms with Gasteiger partial charge in [0.05, 0.1) is 24.9 Å². The lowest BCUT2D eigenvalue weighted by molar-refractivity contribution is 0.417. The number of nitrogens with one attached hydrogen (secondary N) is 1. The predicted molar refractivity (Wildman–Crippen MR) is 135 cm³/mol. The van der Waals surface area contributed by atoms with Crippen molar-refractivity contribution in [2.75, 3.05) is 12.4 Å². The molecule has 0 unspecified atom stereocenters. The Morgan fingerprint density at radius 2 is 1.88 bits per heavy atom. The molecule has 0 radical (unpaired) electrons. The lowest BCUT2D eigenvalue weighted by Gasteiger charge is -2.08. The molecule has 6 nitrogen and oxygen atoms in total. The van der Waals surface area contributed by atoms with Crippen molar-refractivity contribution >= 4 is 55.5 Å². The van der Waals surface area contributed by atoms with Crippen LogP contribution in [-0.4, -0.2) is 21.9 Å². The van der Waals surface area contributed by atoms with Crippen LogP contribution in [-0.2, 0) is 6.54 Å². The van der Waals surface area contributed by atoms with Gasteiger partial charge in [0.1, 0.15) is 5.75 Å². The van der Waals surface area contributed by atoms with E-state index in [9.17, 15) is 5.11 Å². The Labute approximate surface area is 199 Å². The minimum absolute atomic E-state index is 0.0301. The summed E-state index contributed by atoms with van der Waals surface area (Å²) in [5.41, 5.74) is 4.15. The van der Waals surface area contributed by atoms with Crippen LogP contribution in [0.25, 0.3) is 10.9 Å². The zero-order valence-corrected chi connectivity index (χ0v) is 19.9. The fourth-order valence-corrected chi connectivity index (χ4v) is 3.93. The maximum atomic E-state index is 11.0. The Morgan fingerprint density at radius 1 is 1.12 bits per heavy atom. The van der Waals surface area contributed by atoms with Gasteiger partial charge in [0.15, 0.2) is 5.69 Å². The molecule has 1 heterocycles. The fourth-order valence-electron chi connectivity index (χ4n) is 3.41. The highest BCUT2D eigenvalue weighted by Gasteiger charge is 2.17. The van der Waals surface area contributed by atoms with Crippen molar-refractivity contribution in [1.82, 2.24) is 4.57 Å². The van der Waals surface area contributed by atoms with E-state index >= 15 is 0 Å². The lowest BCUT2D eigenvalue weighted by atomic mass is 10.1. The predicted octanol–water partition coefficient (Wildman–Crippen LogP) is 6.96. The summed E-state index contributed by atoms with van der Waals surface area (Å²) in [4.78, 5) is 0. The maximum Gasteiger partial charge on any atom is 0.221 e. The van der Waals surface area contributed by atoms with E-state index in [1.54, 1.807) is 7.11 Å². The van der Waals surface area contributed by atoms with Gasteiger partial charge in [0, 0.05) is 9.86 Å². The van der Waals surface area contributed by atoms with Crippen molar-refractivity contribution in [3.8, 4) is 11.6 Å². The number of aryl methyl sites for hydroxylation is 1. The van der Waals surface area contributed by atoms with Crippen LogP contribution >= 0.6 is 28.1 Å². The topological polar surface area (TPSA) is 71.1 Å². The number of halogens is 1. The van der Waals surface area contributed by atoms with Gasteiger partial charge in [0.2, 0.25) is 11.0 Å². The van der Waals surface area contributed by atoms with Gasteiger partial charge in [0.25, 0.3) is 0 Å². The number of aromatic nitrogens is 1. The van der Waals surface area contributed by atoms with E-state index < -0.39 is 0 Å². The van der Waals surface area contributed by atoms with Crippen molar-refractivity contribution in [2.45, 2.75) is 13.5 Å². The first-order valence-electron chi connectivity index (χ1n) is 9.88. The zero-order chi connectivity index (χ0) is 22.7. The van der Waals surface area contributed by atoms with E-state index in [-0.39, 0.29) is 11.0 Å². The van der Waals surface area contributed by atoms with E-state index in [4.69, 9.17) is 17.0 Å². The molecule has 0 atom stereocenters. The normalized spacial score (nSPS) is 11.2. The van der Waals surface area contributed by atoms with Crippen LogP contribution in [0.5, 0.6) is 11.6 Å². The van der Waals surface area contributed by atoms with Crippen LogP contribution < -0.4 is 10.1 Å². The van der Waals surface area contributed by atoms with Crippen molar-refractivity contribution in [1.29, 1.82) is 0 Å². The summed E-state index contributed by atoms with van der Waals surface area (Å²) in [5, 5.41) is 23.4. The highest BCUT2D eigenvalue weighted by Crippen LogP contribution is 2.40. The SMILES string of the molecule is COc1ccccc1NC(=S)N=Nc1c(O)n(Cc2ccc(C)cc2)c2ccc(Br)cc12. The molecule has 0 aliphatic heterocycles. The van der Waals surface area contributed by atoms with E-state index in [1.165, 1.54) is 5.56 Å². The molecule has 0 saturated heterocycles. The van der Waals surface area contributed by atoms with Crippen LogP contribution in [0.2, 0.25) is 0 Å². The average Bonchev–Trinajstić information content (AvgIpc) is 3.04. The van der Waals surface area contributed by atoms with E-state index in [0.29, 0.717) is 23.7 Å². The summed E-state index contributed by atoms with van der Waals surface area (Å²) < 4.78 is 8.02. The standard InChI is InChI=1S/C24H21BrN4O2S/c1-15-7-9-16(10-8-15)14-29-20-12-11-17(25)13-18(20)22(23(29)30)27-28-24(32)26-19-5-3-4-6-21(19)31-2/h3-13,30H,14H2,1-2H3,(H,26,32). The maximum absolute atomic E-state index is 11.0. The van der Waals surface area contributed by atoms with Crippen LogP contribution in [0.4, 0.5) is 11.4 Å². The number of rotatable bonds is 5. The van der Waals surface area contributed by atoms with Gasteiger partial charge in [-0.25, -0.2) is 0 Å². The summed E-state index contributed by atoms with van der Waals surface area (Å²) >= 11 is 8.83. The molecule has 1 aromatic heterocycles. The third kappa shape index (κ3) is 4.66. The molecular formula is C24H21BrN4O2S. The molecule has 0 saturated carbocycles. The molecule has 4 rings (SSSR count). The summed E-state index contributed by atoms with van der Waals surface area (Å²) in [5.74, 6) is 0.675. The third-order valence-corrected chi connectivity index (χ3v) is 5.70. The largest absolute Gasteiger partial charge is 0.495 e. The minimum atomic E-state index is 0.0301. The van der Waals surface area contributed by atoms with Crippen LogP contribution in [0.3, 0.4) is 0 Å². The summed E-state index contributed by atoms with van der Waals surface area (Å²) in [6.45, 7) is 2.55. The van der Waals surface area contributed by atoms with Crippen LogP contribution in [0.15, 0.2) is 81.4 Å². The number of ether oxygens (including phenoxy) is 1. The number of aromatic hydroxyl groups is 1. The van der Waals surface area contributed by atoms with Gasteiger partial charge < -0.3 is 19.7 Å². The number of nitrogens with zero attached hydrogens (tertiary/aromatic N) is 3. The average molecular weight is 509 g/mol. The molecule has 0 bridgehead atoms. The van der Waals surface area contributed by atoms with Crippen LogP contribution in [0.1, 0.15) is 11.1 Å². The Hall–Kier alpha value is -3.23. The number of thiocarbonyl (C=S) groups is 1. The molecule has 0 aliphatic rings. The molecule has 0 fully saturated rings. The van der Waals surface area contributed by atoms with Gasteiger partial charge in [-0.15, -0.1) is 10.2 Å². The third-order valence-electron chi connectivity index (χ3n) is 5.02. The number of hydrogen-bond donors (Lipinski definition) is 2. The Morgan fingerprint density at radius 3 is 2.62 bits per heavy atom. The molecule has 0 amide bonds. The number of anilines is 1. The molecule has 8 heteroatoms. The van der Waals surface area contributed by atoms with Crippen molar-refractivity contribution in [3.63, 3.8) is 0 Å². The van der Waals surface area contributed by atoms with Gasteiger partial charge in [-0.1, -0.05) is 57.9 Å². The van der Waals surface area contributed by atoms with E-state index in [2.05, 4.69) is 43.6 Å². The first-order valence-corrected chi connectivity index (χ1v) is 11.1. The first kappa shape index (κ1) is 22.0. The molecule has 0 aliphatic carbocycles. The lowest BCUT2D eigenvalue weighted by Crippen LogP contribution is -2.06. The quantitative estimate of drug-likeness (QED) is 0.226. The molecular weight excluding hydrogens is 488 g/mol. The summed E-state index contributed by atoms with van der Waals surface area (Å²) in [7, 11) is 1.59. The smallest absolute Gasteiger partial charge is 0.221 e. The van der Waals surface area contributed by atoms with Gasteiger partial charge >= 0.3 is 0 Å². The van der Waals surface area contributed by atoms with E-state index in [0.717, 1.165) is 20.9 Å². The number of hydrogen-bond acceptors (Lipinski definition) is 4. The van der Waals surface area contributed by atoms with E-state index in [1.807, 2.05) is 66.1 Å². The Balaban J connectivity index is 1.67. The second-order valence-electron chi connectivity index (χ2n) is 7.24. The van der Waals surface area contributed by atoms with Gasteiger partial charge in [-0.2, -0.15) is 0 Å². The molecule has 0 spiro atoms. The first-order chi connectivity index (χ1) is 15.5. The highest BCUT2D eigenvalue weighted by atomic mass is 79.9. The number of azo groups is 1. The van der Waals surface area contributed by atoms with Crippen molar-refractivity contribution in [3.05, 3.63) is 82.3 Å². The Bertz CT molecular complexity index is 1320. The monoisotopic (exact) mass is 508 g/mol.